The minimum atomic E-state index is -0.307. The fourth-order valence-electron chi connectivity index (χ4n) is 2.49. The van der Waals surface area contributed by atoms with Gasteiger partial charge in [-0.3, -0.25) is 0 Å². The summed E-state index contributed by atoms with van der Waals surface area (Å²) in [6.07, 6.45) is 3.78. The molecule has 0 bridgehead atoms. The second-order valence-electron chi connectivity index (χ2n) is 5.17. The van der Waals surface area contributed by atoms with Crippen molar-refractivity contribution in [2.45, 2.75) is 19.4 Å². The second kappa shape index (κ2) is 5.63. The van der Waals surface area contributed by atoms with Crippen LogP contribution in [-0.2, 0) is 6.42 Å². The predicted octanol–water partition coefficient (Wildman–Crippen LogP) is 1.90. The minimum Gasteiger partial charge on any atom is -0.352 e. The van der Waals surface area contributed by atoms with E-state index in [1.807, 2.05) is 37.1 Å². The van der Waals surface area contributed by atoms with Crippen LogP contribution < -0.4 is 9.80 Å². The van der Waals surface area contributed by atoms with Gasteiger partial charge < -0.3 is 9.80 Å². The lowest BCUT2D eigenvalue weighted by molar-refractivity contribution is 0.478. The number of rotatable bonds is 4. The molecule has 1 fully saturated rings. The maximum absolute atomic E-state index is 14.3. The first-order valence-electron chi connectivity index (χ1n) is 7.09. The van der Waals surface area contributed by atoms with Crippen molar-refractivity contribution in [3.8, 4) is 0 Å². The number of halogens is 1. The van der Waals surface area contributed by atoms with Crippen molar-refractivity contribution in [1.29, 1.82) is 0 Å². The molecule has 1 aliphatic heterocycles. The SMILES string of the molecule is CCc1ncnc(N(C)C2CN(c3ccccn3)C2)c1F. The van der Waals surface area contributed by atoms with Crippen LogP contribution in [0.4, 0.5) is 16.0 Å². The van der Waals surface area contributed by atoms with Gasteiger partial charge in [0.25, 0.3) is 0 Å². The van der Waals surface area contributed by atoms with E-state index >= 15 is 0 Å². The van der Waals surface area contributed by atoms with Crippen LogP contribution >= 0.6 is 0 Å². The Morgan fingerprint density at radius 1 is 1.29 bits per heavy atom. The van der Waals surface area contributed by atoms with Crippen molar-refractivity contribution in [1.82, 2.24) is 15.0 Å². The number of hydrogen-bond donors (Lipinski definition) is 0. The van der Waals surface area contributed by atoms with Crippen LogP contribution in [0.2, 0.25) is 0 Å². The van der Waals surface area contributed by atoms with E-state index in [2.05, 4.69) is 19.9 Å². The van der Waals surface area contributed by atoms with Crippen molar-refractivity contribution in [2.24, 2.45) is 0 Å². The second-order valence-corrected chi connectivity index (χ2v) is 5.17. The number of pyridine rings is 1. The molecule has 21 heavy (non-hydrogen) atoms. The molecule has 0 aliphatic carbocycles. The summed E-state index contributed by atoms with van der Waals surface area (Å²) in [5.41, 5.74) is 0.466. The zero-order chi connectivity index (χ0) is 14.8. The Hall–Kier alpha value is -2.24. The Morgan fingerprint density at radius 2 is 2.10 bits per heavy atom. The van der Waals surface area contributed by atoms with Gasteiger partial charge in [0.1, 0.15) is 12.1 Å². The Balaban J connectivity index is 1.70. The number of nitrogens with zero attached hydrogens (tertiary/aromatic N) is 5. The van der Waals surface area contributed by atoms with Crippen molar-refractivity contribution in [2.75, 3.05) is 29.9 Å². The van der Waals surface area contributed by atoms with E-state index < -0.39 is 0 Å². The van der Waals surface area contributed by atoms with Crippen LogP contribution in [0.3, 0.4) is 0 Å². The van der Waals surface area contributed by atoms with E-state index in [0.717, 1.165) is 18.9 Å². The normalized spacial score (nSPS) is 14.9. The molecule has 0 atom stereocenters. The summed E-state index contributed by atoms with van der Waals surface area (Å²) in [5, 5.41) is 0. The van der Waals surface area contributed by atoms with Gasteiger partial charge in [0, 0.05) is 26.3 Å². The first-order valence-corrected chi connectivity index (χ1v) is 7.09. The highest BCUT2D eigenvalue weighted by Crippen LogP contribution is 2.25. The predicted molar refractivity (Wildman–Crippen MR) is 80.0 cm³/mol. The monoisotopic (exact) mass is 287 g/mol. The van der Waals surface area contributed by atoms with Crippen LogP contribution in [0.15, 0.2) is 30.7 Å². The zero-order valence-corrected chi connectivity index (χ0v) is 12.2. The maximum atomic E-state index is 14.3. The molecule has 1 saturated heterocycles. The van der Waals surface area contributed by atoms with E-state index in [9.17, 15) is 4.39 Å². The molecule has 2 aromatic heterocycles. The Morgan fingerprint density at radius 3 is 2.76 bits per heavy atom. The zero-order valence-electron chi connectivity index (χ0n) is 12.2. The lowest BCUT2D eigenvalue weighted by atomic mass is 10.1. The molecule has 5 nitrogen and oxygen atoms in total. The summed E-state index contributed by atoms with van der Waals surface area (Å²) < 4.78 is 14.3. The number of likely N-dealkylation sites (N-methyl/N-ethyl adjacent to an activating group) is 1. The Kier molecular flexibility index (Phi) is 3.68. The third-order valence-corrected chi connectivity index (χ3v) is 3.90. The van der Waals surface area contributed by atoms with Crippen molar-refractivity contribution < 1.29 is 4.39 Å². The lowest BCUT2D eigenvalue weighted by Crippen LogP contribution is -2.59. The van der Waals surface area contributed by atoms with Gasteiger partial charge in [0.15, 0.2) is 11.6 Å². The van der Waals surface area contributed by atoms with Gasteiger partial charge in [-0.05, 0) is 18.6 Å². The molecule has 110 valence electrons. The molecule has 0 aromatic carbocycles. The molecular weight excluding hydrogens is 269 g/mol. The Labute approximate surface area is 123 Å². The number of anilines is 2. The average molecular weight is 287 g/mol. The molecule has 0 radical (unpaired) electrons. The minimum absolute atomic E-state index is 0.237. The molecule has 1 aliphatic rings. The molecule has 0 spiro atoms. The maximum Gasteiger partial charge on any atom is 0.187 e. The largest absolute Gasteiger partial charge is 0.352 e. The van der Waals surface area contributed by atoms with Gasteiger partial charge in [0.2, 0.25) is 0 Å². The summed E-state index contributed by atoms with van der Waals surface area (Å²) in [5.74, 6) is 1.03. The number of aryl methyl sites for hydroxylation is 1. The van der Waals surface area contributed by atoms with E-state index in [0.29, 0.717) is 17.9 Å². The molecule has 2 aromatic rings. The summed E-state index contributed by atoms with van der Waals surface area (Å²) in [7, 11) is 1.88. The highest BCUT2D eigenvalue weighted by atomic mass is 19.1. The highest BCUT2D eigenvalue weighted by molar-refractivity contribution is 5.48. The summed E-state index contributed by atoms with van der Waals surface area (Å²) in [4.78, 5) is 16.5. The first kappa shape index (κ1) is 13.7. The van der Waals surface area contributed by atoms with Gasteiger partial charge in [-0.15, -0.1) is 0 Å². The van der Waals surface area contributed by atoms with Crippen LogP contribution in [0.5, 0.6) is 0 Å². The van der Waals surface area contributed by atoms with Gasteiger partial charge in [-0.25, -0.2) is 19.3 Å². The molecule has 3 heterocycles. The fourth-order valence-corrected chi connectivity index (χ4v) is 2.49. The molecular formula is C15H18FN5. The van der Waals surface area contributed by atoms with Crippen molar-refractivity contribution in [3.63, 3.8) is 0 Å². The Bertz CT molecular complexity index is 613. The van der Waals surface area contributed by atoms with Gasteiger partial charge in [0.05, 0.1) is 11.7 Å². The van der Waals surface area contributed by atoms with E-state index in [-0.39, 0.29) is 11.9 Å². The highest BCUT2D eigenvalue weighted by Gasteiger charge is 2.32. The van der Waals surface area contributed by atoms with Crippen molar-refractivity contribution in [3.05, 3.63) is 42.2 Å². The van der Waals surface area contributed by atoms with E-state index in [4.69, 9.17) is 0 Å². The lowest BCUT2D eigenvalue weighted by Gasteiger charge is -2.45. The first-order chi connectivity index (χ1) is 10.2. The van der Waals surface area contributed by atoms with Crippen LogP contribution in [0.25, 0.3) is 0 Å². The standard InChI is InChI=1S/C15H18FN5/c1-3-12-14(16)15(19-10-18-12)20(2)11-8-21(9-11)13-6-4-5-7-17-13/h4-7,10-11H,3,8-9H2,1-2H3. The van der Waals surface area contributed by atoms with Crippen LogP contribution in [-0.4, -0.2) is 41.1 Å². The third-order valence-electron chi connectivity index (χ3n) is 3.90. The summed E-state index contributed by atoms with van der Waals surface area (Å²) >= 11 is 0. The molecule has 6 heteroatoms. The quantitative estimate of drug-likeness (QED) is 0.859. The molecule has 0 amide bonds. The average Bonchev–Trinajstić information content (AvgIpc) is 2.47. The summed E-state index contributed by atoms with van der Waals surface area (Å²) in [6.45, 7) is 3.53. The van der Waals surface area contributed by atoms with Gasteiger partial charge in [-0.2, -0.15) is 0 Å². The van der Waals surface area contributed by atoms with E-state index in [1.165, 1.54) is 6.33 Å². The van der Waals surface area contributed by atoms with Gasteiger partial charge in [-0.1, -0.05) is 13.0 Å². The third kappa shape index (κ3) is 2.53. The van der Waals surface area contributed by atoms with Crippen molar-refractivity contribution >= 4 is 11.6 Å². The van der Waals surface area contributed by atoms with Crippen LogP contribution in [0, 0.1) is 5.82 Å². The molecule has 3 rings (SSSR count). The van der Waals surface area contributed by atoms with E-state index in [1.54, 1.807) is 6.20 Å². The molecule has 0 saturated carbocycles. The smallest absolute Gasteiger partial charge is 0.187 e. The summed E-state index contributed by atoms with van der Waals surface area (Å²) in [6, 6.07) is 6.09. The van der Waals surface area contributed by atoms with Crippen LogP contribution in [0.1, 0.15) is 12.6 Å². The fraction of sp³-hybridized carbons (Fsp3) is 0.400. The number of hydrogen-bond acceptors (Lipinski definition) is 5. The molecule has 0 unspecified atom stereocenters. The topological polar surface area (TPSA) is 45.2 Å². The van der Waals surface area contributed by atoms with Gasteiger partial charge >= 0.3 is 0 Å². The number of aromatic nitrogens is 3. The molecule has 0 N–H and O–H groups in total.